The highest BCUT2D eigenvalue weighted by Crippen LogP contribution is 2.44. The van der Waals surface area contributed by atoms with E-state index in [1.165, 1.54) is 24.6 Å². The number of rotatable bonds is 7. The van der Waals surface area contributed by atoms with Crippen LogP contribution in [-0.2, 0) is 0 Å². The van der Waals surface area contributed by atoms with Crippen LogP contribution >= 0.6 is 0 Å². The molecule has 0 bridgehead atoms. The Kier molecular flexibility index (Phi) is 6.44. The molecule has 3 heteroatoms. The van der Waals surface area contributed by atoms with Gasteiger partial charge in [0.2, 0.25) is 0 Å². The van der Waals surface area contributed by atoms with Crippen molar-refractivity contribution in [3.05, 3.63) is 0 Å². The molecule has 0 amide bonds. The van der Waals surface area contributed by atoms with E-state index < -0.39 is 23.3 Å². The Hall–Kier alpha value is 0.651. The van der Waals surface area contributed by atoms with Crippen molar-refractivity contribution in [1.29, 1.82) is 0 Å². The van der Waals surface area contributed by atoms with E-state index in [4.69, 9.17) is 0 Å². The molecule has 0 aliphatic rings. The Bertz CT molecular complexity index is 216. The standard InChI is InChI=1S/C14H36Si3/c1-10-14(15(5,6)7)16(8,9)17(11-2,12-3)13-4/h14H,10-13H2,1-9H3. The largest absolute Gasteiger partial charge is 0.0713 e. The Morgan fingerprint density at radius 1 is 0.706 bits per heavy atom. The molecule has 0 aromatic carbocycles. The highest BCUT2D eigenvalue weighted by Gasteiger charge is 2.51. The molecule has 0 saturated heterocycles. The van der Waals surface area contributed by atoms with Crippen molar-refractivity contribution in [2.24, 2.45) is 0 Å². The van der Waals surface area contributed by atoms with Crippen LogP contribution in [0.4, 0.5) is 0 Å². The summed E-state index contributed by atoms with van der Waals surface area (Å²) < 4.78 is 0. The fourth-order valence-electron chi connectivity index (χ4n) is 4.69. The maximum Gasteiger partial charge on any atom is 0.0465 e. The molecule has 1 atom stereocenters. The second kappa shape index (κ2) is 6.20. The molecule has 0 aliphatic carbocycles. The maximum absolute atomic E-state index is 2.75. The first-order valence-electron chi connectivity index (χ1n) is 7.62. The van der Waals surface area contributed by atoms with E-state index in [0.717, 1.165) is 5.16 Å². The predicted molar refractivity (Wildman–Crippen MR) is 92.1 cm³/mol. The third-order valence-electron chi connectivity index (χ3n) is 5.72. The third kappa shape index (κ3) is 3.35. The minimum absolute atomic E-state index is 0.965. The molecule has 17 heavy (non-hydrogen) atoms. The summed E-state index contributed by atoms with van der Waals surface area (Å²) >= 11 is 0. The van der Waals surface area contributed by atoms with Crippen LogP contribution in [0.5, 0.6) is 0 Å². The third-order valence-corrected chi connectivity index (χ3v) is 35.2. The van der Waals surface area contributed by atoms with Crippen LogP contribution in [0.1, 0.15) is 34.1 Å². The highest BCUT2D eigenvalue weighted by molar-refractivity contribution is 7.44. The Balaban J connectivity index is 5.47. The lowest BCUT2D eigenvalue weighted by Crippen LogP contribution is -2.64. The Labute approximate surface area is 113 Å². The maximum atomic E-state index is 2.75. The molecule has 104 valence electrons. The summed E-state index contributed by atoms with van der Waals surface area (Å²) in [5.41, 5.74) is 0. The topological polar surface area (TPSA) is 0 Å². The molecule has 0 aromatic heterocycles. The van der Waals surface area contributed by atoms with Crippen LogP contribution in [0.3, 0.4) is 0 Å². The SMILES string of the molecule is CCC([Si](C)(C)C)[Si](C)(C)[Si](CC)(CC)CC. The fraction of sp³-hybridized carbons (Fsp3) is 1.00. The fourth-order valence-corrected chi connectivity index (χ4v) is 38.3. The lowest BCUT2D eigenvalue weighted by atomic mass is 10.6. The van der Waals surface area contributed by atoms with E-state index in [1.807, 2.05) is 0 Å². The van der Waals surface area contributed by atoms with Crippen LogP contribution in [0.15, 0.2) is 0 Å². The average Bonchev–Trinajstić information content (AvgIpc) is 2.18. The van der Waals surface area contributed by atoms with E-state index >= 15 is 0 Å². The summed E-state index contributed by atoms with van der Waals surface area (Å²) in [7, 11) is -3.00. The molecule has 0 N–H and O–H groups in total. The van der Waals surface area contributed by atoms with Gasteiger partial charge in [0.25, 0.3) is 0 Å². The molecule has 0 fully saturated rings. The minimum atomic E-state index is -1.05. The summed E-state index contributed by atoms with van der Waals surface area (Å²) in [5.74, 6) is 0. The summed E-state index contributed by atoms with van der Waals surface area (Å²) in [6, 6.07) is 4.58. The molecule has 0 rings (SSSR count). The van der Waals surface area contributed by atoms with Gasteiger partial charge in [0.15, 0.2) is 0 Å². The first kappa shape index (κ1) is 17.7. The Morgan fingerprint density at radius 3 is 1.24 bits per heavy atom. The minimum Gasteiger partial charge on any atom is -0.0713 e. The van der Waals surface area contributed by atoms with E-state index in [0.29, 0.717) is 0 Å². The average molecular weight is 289 g/mol. The molecule has 0 heterocycles. The van der Waals surface area contributed by atoms with Gasteiger partial charge in [-0.3, -0.25) is 0 Å². The zero-order valence-corrected chi connectivity index (χ0v) is 16.9. The van der Waals surface area contributed by atoms with Gasteiger partial charge in [-0.2, -0.15) is 0 Å². The molecule has 0 spiro atoms. The normalized spacial score (nSPS) is 16.1. The first-order valence-corrected chi connectivity index (χ1v) is 17.9. The molecule has 0 aromatic rings. The predicted octanol–water partition coefficient (Wildman–Crippen LogP) is 5.94. The van der Waals surface area contributed by atoms with Crippen molar-refractivity contribution in [3.63, 3.8) is 0 Å². The summed E-state index contributed by atoms with van der Waals surface area (Å²) in [4.78, 5) is 0. The van der Waals surface area contributed by atoms with Gasteiger partial charge in [-0.1, -0.05) is 90.1 Å². The second-order valence-electron chi connectivity index (χ2n) is 7.39. The summed E-state index contributed by atoms with van der Waals surface area (Å²) in [6.45, 7) is 23.3. The van der Waals surface area contributed by atoms with Gasteiger partial charge in [0.05, 0.1) is 0 Å². The van der Waals surface area contributed by atoms with Crippen LogP contribution in [0, 0.1) is 0 Å². The zero-order chi connectivity index (χ0) is 13.9. The van der Waals surface area contributed by atoms with E-state index in [1.54, 1.807) is 0 Å². The molecule has 0 radical (unpaired) electrons. The van der Waals surface area contributed by atoms with Crippen LogP contribution in [-0.4, -0.2) is 23.3 Å². The highest BCUT2D eigenvalue weighted by atomic mass is 29.3. The van der Waals surface area contributed by atoms with Gasteiger partial charge < -0.3 is 0 Å². The lowest BCUT2D eigenvalue weighted by Gasteiger charge is -2.51. The van der Waals surface area contributed by atoms with Crippen LogP contribution in [0.2, 0.25) is 56.0 Å². The van der Waals surface area contributed by atoms with Crippen molar-refractivity contribution in [1.82, 2.24) is 0 Å². The molecule has 0 aliphatic heterocycles. The summed E-state index contributed by atoms with van der Waals surface area (Å²) in [6.07, 6.45) is 1.45. The lowest BCUT2D eigenvalue weighted by molar-refractivity contribution is 0.952. The quantitative estimate of drug-likeness (QED) is 0.509. The van der Waals surface area contributed by atoms with Crippen molar-refractivity contribution in [3.8, 4) is 0 Å². The number of hydrogen-bond donors (Lipinski definition) is 0. The van der Waals surface area contributed by atoms with Gasteiger partial charge in [-0.05, 0) is 0 Å². The van der Waals surface area contributed by atoms with Gasteiger partial charge in [-0.15, -0.1) is 0 Å². The van der Waals surface area contributed by atoms with E-state index in [9.17, 15) is 0 Å². The summed E-state index contributed by atoms with van der Waals surface area (Å²) in [5, 5.41) is 1.13. The molecule has 1 unspecified atom stereocenters. The van der Waals surface area contributed by atoms with Crippen LogP contribution < -0.4 is 0 Å². The van der Waals surface area contributed by atoms with Crippen molar-refractivity contribution in [2.75, 3.05) is 0 Å². The van der Waals surface area contributed by atoms with Crippen molar-refractivity contribution in [2.45, 2.75) is 90.1 Å². The van der Waals surface area contributed by atoms with Gasteiger partial charge in [-0.25, -0.2) is 0 Å². The van der Waals surface area contributed by atoms with E-state index in [2.05, 4.69) is 60.4 Å². The molecule has 0 saturated carbocycles. The molecule has 0 nitrogen and oxygen atoms in total. The monoisotopic (exact) mass is 288 g/mol. The first-order chi connectivity index (χ1) is 7.62. The van der Waals surface area contributed by atoms with Gasteiger partial charge in [0, 0.05) is 23.3 Å². The van der Waals surface area contributed by atoms with Crippen molar-refractivity contribution < 1.29 is 0 Å². The van der Waals surface area contributed by atoms with E-state index in [-0.39, 0.29) is 0 Å². The van der Waals surface area contributed by atoms with Gasteiger partial charge in [0.1, 0.15) is 0 Å². The Morgan fingerprint density at radius 2 is 1.06 bits per heavy atom. The molecular formula is C14H36Si3. The zero-order valence-electron chi connectivity index (χ0n) is 13.9. The van der Waals surface area contributed by atoms with Gasteiger partial charge >= 0.3 is 0 Å². The van der Waals surface area contributed by atoms with Crippen molar-refractivity contribution >= 4 is 23.3 Å². The smallest absolute Gasteiger partial charge is 0.0465 e. The van der Waals surface area contributed by atoms with Crippen LogP contribution in [0.25, 0.3) is 0 Å². The number of hydrogen-bond acceptors (Lipinski definition) is 0. The second-order valence-corrected chi connectivity index (χ2v) is 29.3. The molecular weight excluding hydrogens is 252 g/mol.